The van der Waals surface area contributed by atoms with Crippen LogP contribution in [0.25, 0.3) is 0 Å². The second-order valence-corrected chi connectivity index (χ2v) is 3.46. The summed E-state index contributed by atoms with van der Waals surface area (Å²) in [5, 5.41) is 0. The molecule has 0 aliphatic heterocycles. The molecule has 0 fully saturated rings. The molecule has 92 valence electrons. The lowest BCUT2D eigenvalue weighted by molar-refractivity contribution is -0.107. The molecule has 0 bridgehead atoms. The third-order valence-corrected chi connectivity index (χ3v) is 2.31. The number of hydrogen-bond acceptors (Lipinski definition) is 4. The number of hydrogen-bond donors (Lipinski definition) is 0. The molecule has 1 aromatic rings. The Morgan fingerprint density at radius 3 is 2.76 bits per heavy atom. The SMILES string of the molecule is CCOC(=O)c1ccc(CCC=O)cc1OC. The number of carbonyl (C=O) groups is 2. The molecule has 0 aromatic heterocycles. The molecule has 0 heterocycles. The van der Waals surface area contributed by atoms with E-state index >= 15 is 0 Å². The minimum Gasteiger partial charge on any atom is -0.496 e. The van der Waals surface area contributed by atoms with Crippen LogP contribution in [0.2, 0.25) is 0 Å². The predicted octanol–water partition coefficient (Wildman–Crippen LogP) is 2.00. The number of aryl methyl sites for hydroxylation is 1. The summed E-state index contributed by atoms with van der Waals surface area (Å²) in [6.07, 6.45) is 1.97. The summed E-state index contributed by atoms with van der Waals surface area (Å²) in [5.41, 5.74) is 1.37. The molecule has 0 amide bonds. The molecule has 1 rings (SSSR count). The van der Waals surface area contributed by atoms with E-state index in [1.54, 1.807) is 25.1 Å². The molecule has 0 aliphatic carbocycles. The fourth-order valence-corrected chi connectivity index (χ4v) is 1.49. The summed E-state index contributed by atoms with van der Waals surface area (Å²) in [7, 11) is 1.50. The lowest BCUT2D eigenvalue weighted by atomic mass is 10.1. The number of ether oxygens (including phenoxy) is 2. The maximum Gasteiger partial charge on any atom is 0.341 e. The van der Waals surface area contributed by atoms with E-state index in [-0.39, 0.29) is 0 Å². The summed E-state index contributed by atoms with van der Waals surface area (Å²) in [6, 6.07) is 5.23. The Bertz CT molecular complexity index is 398. The first kappa shape index (κ1) is 13.2. The molecule has 4 heteroatoms. The van der Waals surface area contributed by atoms with Crippen LogP contribution in [-0.4, -0.2) is 26.0 Å². The van der Waals surface area contributed by atoms with Crippen LogP contribution in [0, 0.1) is 0 Å². The summed E-state index contributed by atoms with van der Waals surface area (Å²) in [6.45, 7) is 2.08. The highest BCUT2D eigenvalue weighted by atomic mass is 16.5. The number of aldehydes is 1. The van der Waals surface area contributed by atoms with E-state index in [9.17, 15) is 9.59 Å². The Balaban J connectivity index is 2.92. The highest BCUT2D eigenvalue weighted by Gasteiger charge is 2.13. The van der Waals surface area contributed by atoms with Gasteiger partial charge in [0.05, 0.1) is 13.7 Å². The molecule has 0 atom stereocenters. The van der Waals surface area contributed by atoms with E-state index in [1.807, 2.05) is 0 Å². The van der Waals surface area contributed by atoms with Crippen molar-refractivity contribution in [1.82, 2.24) is 0 Å². The first-order valence-electron chi connectivity index (χ1n) is 5.50. The molecule has 17 heavy (non-hydrogen) atoms. The van der Waals surface area contributed by atoms with Gasteiger partial charge in [-0.2, -0.15) is 0 Å². The summed E-state index contributed by atoms with van der Waals surface area (Å²) in [4.78, 5) is 21.9. The van der Waals surface area contributed by atoms with Gasteiger partial charge in [0.25, 0.3) is 0 Å². The summed E-state index contributed by atoms with van der Waals surface area (Å²) < 4.78 is 10.1. The highest BCUT2D eigenvalue weighted by Crippen LogP contribution is 2.21. The van der Waals surface area contributed by atoms with Crippen molar-refractivity contribution in [2.24, 2.45) is 0 Å². The Hall–Kier alpha value is -1.84. The van der Waals surface area contributed by atoms with Crippen molar-refractivity contribution in [3.63, 3.8) is 0 Å². The van der Waals surface area contributed by atoms with Gasteiger partial charge in [0.2, 0.25) is 0 Å². The number of benzene rings is 1. The van der Waals surface area contributed by atoms with Crippen LogP contribution in [0.4, 0.5) is 0 Å². The van der Waals surface area contributed by atoms with Crippen molar-refractivity contribution >= 4 is 12.3 Å². The van der Waals surface area contributed by atoms with Gasteiger partial charge in [0.1, 0.15) is 17.6 Å². The van der Waals surface area contributed by atoms with Crippen molar-refractivity contribution < 1.29 is 19.1 Å². The molecule has 4 nitrogen and oxygen atoms in total. The smallest absolute Gasteiger partial charge is 0.341 e. The van der Waals surface area contributed by atoms with Crippen molar-refractivity contribution in [3.8, 4) is 5.75 Å². The van der Waals surface area contributed by atoms with Crippen molar-refractivity contribution in [2.75, 3.05) is 13.7 Å². The average molecular weight is 236 g/mol. The van der Waals surface area contributed by atoms with Crippen LogP contribution in [0.1, 0.15) is 29.3 Å². The molecule has 0 N–H and O–H groups in total. The lowest BCUT2D eigenvalue weighted by Gasteiger charge is -2.09. The van der Waals surface area contributed by atoms with Gasteiger partial charge >= 0.3 is 5.97 Å². The molecule has 0 unspecified atom stereocenters. The van der Waals surface area contributed by atoms with Crippen LogP contribution in [0.3, 0.4) is 0 Å². The second kappa shape index (κ2) is 6.68. The van der Waals surface area contributed by atoms with Crippen LogP contribution in [0.15, 0.2) is 18.2 Å². The summed E-state index contributed by atoms with van der Waals surface area (Å²) >= 11 is 0. The lowest BCUT2D eigenvalue weighted by Crippen LogP contribution is -2.07. The number of rotatable bonds is 6. The maximum absolute atomic E-state index is 11.6. The molecule has 0 saturated carbocycles. The van der Waals surface area contributed by atoms with E-state index < -0.39 is 5.97 Å². The molecule has 0 aliphatic rings. The van der Waals surface area contributed by atoms with Gasteiger partial charge in [-0.15, -0.1) is 0 Å². The third kappa shape index (κ3) is 3.59. The monoisotopic (exact) mass is 236 g/mol. The van der Waals surface area contributed by atoms with Crippen LogP contribution in [0.5, 0.6) is 5.75 Å². The van der Waals surface area contributed by atoms with Gasteiger partial charge in [-0.05, 0) is 31.0 Å². The molecule has 0 spiro atoms. The van der Waals surface area contributed by atoms with Gasteiger partial charge in [-0.1, -0.05) is 6.07 Å². The number of esters is 1. The Labute approximate surface area is 101 Å². The molecule has 0 radical (unpaired) electrons. The van der Waals surface area contributed by atoms with Crippen LogP contribution >= 0.6 is 0 Å². The topological polar surface area (TPSA) is 52.6 Å². The number of carbonyl (C=O) groups excluding carboxylic acids is 2. The highest BCUT2D eigenvalue weighted by molar-refractivity contribution is 5.92. The van der Waals surface area contributed by atoms with E-state index in [0.29, 0.717) is 30.8 Å². The zero-order valence-corrected chi connectivity index (χ0v) is 10.1. The van der Waals surface area contributed by atoms with Crippen LogP contribution in [-0.2, 0) is 16.0 Å². The van der Waals surface area contributed by atoms with Gasteiger partial charge in [-0.25, -0.2) is 4.79 Å². The predicted molar refractivity (Wildman–Crippen MR) is 63.3 cm³/mol. The van der Waals surface area contributed by atoms with Crippen molar-refractivity contribution in [2.45, 2.75) is 19.8 Å². The molecular formula is C13H16O4. The molecular weight excluding hydrogens is 220 g/mol. The van der Waals surface area contributed by atoms with Gasteiger partial charge in [0, 0.05) is 6.42 Å². The van der Waals surface area contributed by atoms with Crippen molar-refractivity contribution in [3.05, 3.63) is 29.3 Å². The largest absolute Gasteiger partial charge is 0.496 e. The maximum atomic E-state index is 11.6. The first-order valence-corrected chi connectivity index (χ1v) is 5.50. The van der Waals surface area contributed by atoms with Gasteiger partial charge < -0.3 is 14.3 Å². The Morgan fingerprint density at radius 2 is 2.18 bits per heavy atom. The zero-order valence-electron chi connectivity index (χ0n) is 10.1. The van der Waals surface area contributed by atoms with E-state index in [0.717, 1.165) is 11.8 Å². The van der Waals surface area contributed by atoms with Gasteiger partial charge in [-0.3, -0.25) is 0 Å². The second-order valence-electron chi connectivity index (χ2n) is 3.46. The first-order chi connectivity index (χ1) is 8.22. The molecule has 0 saturated heterocycles. The van der Waals surface area contributed by atoms with E-state index in [4.69, 9.17) is 9.47 Å². The fourth-order valence-electron chi connectivity index (χ4n) is 1.49. The van der Waals surface area contributed by atoms with Crippen molar-refractivity contribution in [1.29, 1.82) is 0 Å². The summed E-state index contributed by atoms with van der Waals surface area (Å²) in [5.74, 6) is 0.0816. The Morgan fingerprint density at radius 1 is 1.41 bits per heavy atom. The Kier molecular flexibility index (Phi) is 5.20. The quantitative estimate of drug-likeness (QED) is 0.560. The minimum atomic E-state index is -0.397. The normalized spacial score (nSPS) is 9.76. The van der Waals surface area contributed by atoms with E-state index in [2.05, 4.69) is 0 Å². The minimum absolute atomic E-state index is 0.328. The fraction of sp³-hybridized carbons (Fsp3) is 0.385. The standard InChI is InChI=1S/C13H16O4/c1-3-17-13(15)11-7-6-10(5-4-8-14)9-12(11)16-2/h6-9H,3-5H2,1-2H3. The number of methoxy groups -OCH3 is 1. The van der Waals surface area contributed by atoms with Crippen LogP contribution < -0.4 is 4.74 Å². The third-order valence-electron chi connectivity index (χ3n) is 2.31. The van der Waals surface area contributed by atoms with Gasteiger partial charge in [0.15, 0.2) is 0 Å². The zero-order chi connectivity index (χ0) is 12.7. The average Bonchev–Trinajstić information content (AvgIpc) is 2.36. The van der Waals surface area contributed by atoms with E-state index in [1.165, 1.54) is 7.11 Å². The molecule has 1 aromatic carbocycles.